The second-order valence-electron chi connectivity index (χ2n) is 4.10. The lowest BCUT2D eigenvalue weighted by molar-refractivity contribution is 0.0981. The third-order valence-corrected chi connectivity index (χ3v) is 4.06. The molecular weight excluding hydrogens is 351 g/mol. The molecule has 104 valence electrons. The van der Waals surface area contributed by atoms with Crippen LogP contribution in [0.5, 0.6) is 0 Å². The van der Waals surface area contributed by atoms with Gasteiger partial charge in [0.25, 0.3) is 0 Å². The minimum absolute atomic E-state index is 0.000446. The Morgan fingerprint density at radius 3 is 1.74 bits per heavy atom. The van der Waals surface area contributed by atoms with Gasteiger partial charge in [0.15, 0.2) is 11.6 Å². The van der Waals surface area contributed by atoms with E-state index in [1.165, 1.54) is 0 Å². The lowest BCUT2D eigenvalue weighted by Crippen LogP contribution is -2.06. The average Bonchev–Trinajstić information content (AvgIpc) is 2.42. The van der Waals surface area contributed by atoms with Crippen molar-refractivity contribution in [1.29, 1.82) is 0 Å². The van der Waals surface area contributed by atoms with Gasteiger partial charge in [-0.15, -0.1) is 23.2 Å². The first-order valence-corrected chi connectivity index (χ1v) is 7.94. The van der Waals surface area contributed by atoms with E-state index < -0.39 is 0 Å². The molecule has 0 aromatic heterocycles. The van der Waals surface area contributed by atoms with Crippen molar-refractivity contribution in [3.8, 4) is 0 Å². The van der Waals surface area contributed by atoms with Crippen molar-refractivity contribution in [3.63, 3.8) is 0 Å². The number of hydrogen-bond acceptors (Lipinski definition) is 2. The van der Waals surface area contributed by atoms with Crippen LogP contribution in [0.1, 0.15) is 46.4 Å². The summed E-state index contributed by atoms with van der Waals surface area (Å²) in [6, 6.07) is 5.17. The summed E-state index contributed by atoms with van der Waals surface area (Å²) < 4.78 is 0.578. The molecule has 0 aliphatic heterocycles. The molecule has 0 saturated heterocycles. The van der Waals surface area contributed by atoms with E-state index in [0.29, 0.717) is 53.0 Å². The predicted molar refractivity (Wildman–Crippen MR) is 82.7 cm³/mol. The summed E-state index contributed by atoms with van der Waals surface area (Å²) in [7, 11) is 0. The molecule has 0 aliphatic rings. The van der Waals surface area contributed by atoms with E-state index >= 15 is 0 Å². The molecular formula is C14H15BrCl2O2. The number of rotatable bonds is 8. The van der Waals surface area contributed by atoms with Gasteiger partial charge in [-0.3, -0.25) is 9.59 Å². The lowest BCUT2D eigenvalue weighted by Gasteiger charge is -2.08. The van der Waals surface area contributed by atoms with Crippen LogP contribution in [0.15, 0.2) is 22.7 Å². The lowest BCUT2D eigenvalue weighted by atomic mass is 10.0. The molecule has 0 N–H and O–H groups in total. The Kier molecular flexibility index (Phi) is 7.66. The number of benzene rings is 1. The SMILES string of the molecule is O=C(CCCCl)c1cccc(C(=O)CCCCl)c1Br. The molecule has 0 amide bonds. The highest BCUT2D eigenvalue weighted by Gasteiger charge is 2.16. The highest BCUT2D eigenvalue weighted by Crippen LogP contribution is 2.25. The van der Waals surface area contributed by atoms with Gasteiger partial charge >= 0.3 is 0 Å². The van der Waals surface area contributed by atoms with E-state index in [0.717, 1.165) is 0 Å². The Balaban J connectivity index is 2.91. The van der Waals surface area contributed by atoms with Crippen molar-refractivity contribution in [2.24, 2.45) is 0 Å². The van der Waals surface area contributed by atoms with Gasteiger partial charge in [-0.25, -0.2) is 0 Å². The normalized spacial score (nSPS) is 10.5. The van der Waals surface area contributed by atoms with Crippen LogP contribution < -0.4 is 0 Å². The zero-order chi connectivity index (χ0) is 14.3. The maximum absolute atomic E-state index is 12.0. The largest absolute Gasteiger partial charge is 0.294 e. The van der Waals surface area contributed by atoms with Crippen molar-refractivity contribution in [3.05, 3.63) is 33.8 Å². The second kappa shape index (κ2) is 8.72. The van der Waals surface area contributed by atoms with E-state index in [1.54, 1.807) is 18.2 Å². The van der Waals surface area contributed by atoms with E-state index in [-0.39, 0.29) is 11.6 Å². The average molecular weight is 366 g/mol. The number of alkyl halides is 2. The summed E-state index contributed by atoms with van der Waals surface area (Å²) in [5, 5.41) is 0. The number of hydrogen-bond donors (Lipinski definition) is 0. The number of ketones is 2. The van der Waals surface area contributed by atoms with Crippen molar-refractivity contribution < 1.29 is 9.59 Å². The fourth-order valence-corrected chi connectivity index (χ4v) is 2.66. The molecule has 5 heteroatoms. The van der Waals surface area contributed by atoms with Crippen molar-refractivity contribution in [1.82, 2.24) is 0 Å². The highest BCUT2D eigenvalue weighted by molar-refractivity contribution is 9.10. The van der Waals surface area contributed by atoms with Crippen LogP contribution in [-0.4, -0.2) is 23.3 Å². The number of carbonyl (C=O) groups is 2. The van der Waals surface area contributed by atoms with Crippen molar-refractivity contribution in [2.45, 2.75) is 25.7 Å². The van der Waals surface area contributed by atoms with Gasteiger partial charge in [-0.1, -0.05) is 18.2 Å². The van der Waals surface area contributed by atoms with E-state index in [2.05, 4.69) is 15.9 Å². The summed E-state index contributed by atoms with van der Waals surface area (Å²) in [6.07, 6.45) is 2.05. The second-order valence-corrected chi connectivity index (χ2v) is 5.65. The summed E-state index contributed by atoms with van der Waals surface area (Å²) in [5.74, 6) is 0.911. The summed E-state index contributed by atoms with van der Waals surface area (Å²) >= 11 is 14.5. The van der Waals surface area contributed by atoms with Gasteiger partial charge in [-0.05, 0) is 28.8 Å². The van der Waals surface area contributed by atoms with Crippen LogP contribution in [0, 0.1) is 0 Å². The van der Waals surface area contributed by atoms with Crippen LogP contribution in [0.4, 0.5) is 0 Å². The summed E-state index contributed by atoms with van der Waals surface area (Å²) in [4.78, 5) is 24.0. The van der Waals surface area contributed by atoms with Crippen molar-refractivity contribution >= 4 is 50.7 Å². The summed E-state index contributed by atoms with van der Waals surface area (Å²) in [6.45, 7) is 0. The quantitative estimate of drug-likeness (QED) is 0.487. The third kappa shape index (κ3) is 4.90. The molecule has 19 heavy (non-hydrogen) atoms. The Labute approximate surface area is 131 Å². The molecule has 0 radical (unpaired) electrons. The molecule has 0 bridgehead atoms. The van der Waals surface area contributed by atoms with E-state index in [9.17, 15) is 9.59 Å². The Bertz CT molecular complexity index is 423. The predicted octanol–water partition coefficient (Wildman–Crippen LogP) is 4.85. The molecule has 2 nitrogen and oxygen atoms in total. The van der Waals surface area contributed by atoms with Gasteiger partial charge in [0.05, 0.1) is 0 Å². The molecule has 1 aromatic rings. The standard InChI is InChI=1S/C14H15BrCl2O2/c15-14-10(12(18)6-2-8-16)4-1-5-11(14)13(19)7-3-9-17/h1,4-5H,2-3,6-9H2. The van der Waals surface area contributed by atoms with Gasteiger partial charge in [-0.2, -0.15) is 0 Å². The topological polar surface area (TPSA) is 34.1 Å². The van der Waals surface area contributed by atoms with Crippen molar-refractivity contribution in [2.75, 3.05) is 11.8 Å². The molecule has 0 spiro atoms. The van der Waals surface area contributed by atoms with Gasteiger partial charge in [0.2, 0.25) is 0 Å². The van der Waals surface area contributed by atoms with Crippen LogP contribution >= 0.6 is 39.1 Å². The first-order chi connectivity index (χ1) is 9.11. The van der Waals surface area contributed by atoms with Gasteiger partial charge in [0, 0.05) is 40.2 Å². The molecule has 0 atom stereocenters. The zero-order valence-corrected chi connectivity index (χ0v) is 13.5. The van der Waals surface area contributed by atoms with Crippen LogP contribution in [0.3, 0.4) is 0 Å². The van der Waals surface area contributed by atoms with Gasteiger partial charge in [0.1, 0.15) is 0 Å². The Morgan fingerprint density at radius 2 is 1.37 bits per heavy atom. The molecule has 1 aromatic carbocycles. The minimum atomic E-state index is -0.000446. The van der Waals surface area contributed by atoms with Crippen LogP contribution in [0.2, 0.25) is 0 Å². The monoisotopic (exact) mass is 364 g/mol. The fraction of sp³-hybridized carbons (Fsp3) is 0.429. The maximum Gasteiger partial charge on any atom is 0.164 e. The van der Waals surface area contributed by atoms with Crippen LogP contribution in [0.25, 0.3) is 0 Å². The highest BCUT2D eigenvalue weighted by atomic mass is 79.9. The smallest absolute Gasteiger partial charge is 0.164 e. The minimum Gasteiger partial charge on any atom is -0.294 e. The summed E-state index contributed by atoms with van der Waals surface area (Å²) in [5.41, 5.74) is 1.09. The zero-order valence-electron chi connectivity index (χ0n) is 10.4. The van der Waals surface area contributed by atoms with Gasteiger partial charge < -0.3 is 0 Å². The van der Waals surface area contributed by atoms with E-state index in [4.69, 9.17) is 23.2 Å². The molecule has 0 saturated carbocycles. The van der Waals surface area contributed by atoms with E-state index in [1.807, 2.05) is 0 Å². The fourth-order valence-electron chi connectivity index (χ4n) is 1.69. The first kappa shape index (κ1) is 16.7. The number of halogens is 3. The number of carbonyl (C=O) groups excluding carboxylic acids is 2. The molecule has 0 unspecified atom stereocenters. The maximum atomic E-state index is 12.0. The first-order valence-electron chi connectivity index (χ1n) is 6.08. The third-order valence-electron chi connectivity index (χ3n) is 2.67. The molecule has 1 rings (SSSR count). The Hall–Kier alpha value is -0.380. The molecule has 0 fully saturated rings. The molecule has 0 aliphatic carbocycles. The van der Waals surface area contributed by atoms with Crippen LogP contribution in [-0.2, 0) is 0 Å². The number of Topliss-reactive ketones (excluding diaryl/α,β-unsaturated/α-hetero) is 2. The molecule has 0 heterocycles. The Morgan fingerprint density at radius 1 is 0.947 bits per heavy atom.